The molecule has 1 fully saturated rings. The second-order valence-electron chi connectivity index (χ2n) is 9.62. The van der Waals surface area contributed by atoms with E-state index in [2.05, 4.69) is 15.3 Å². The van der Waals surface area contributed by atoms with Crippen molar-refractivity contribution in [3.63, 3.8) is 0 Å². The number of hydrogen-bond donors (Lipinski definition) is 2. The summed E-state index contributed by atoms with van der Waals surface area (Å²) in [6.07, 6.45) is 7.32. The summed E-state index contributed by atoms with van der Waals surface area (Å²) in [6, 6.07) is 10.3. The number of nitrogens with zero attached hydrogens (tertiary/aromatic N) is 3. The fourth-order valence-corrected chi connectivity index (χ4v) is 4.69. The van der Waals surface area contributed by atoms with Crippen LogP contribution in [0.1, 0.15) is 34.3 Å². The van der Waals surface area contributed by atoms with Crippen LogP contribution >= 0.6 is 11.6 Å². The number of ether oxygens (including phenoxy) is 1. The first-order chi connectivity index (χ1) is 19.2. The van der Waals surface area contributed by atoms with Crippen molar-refractivity contribution in [1.82, 2.24) is 20.2 Å². The van der Waals surface area contributed by atoms with Gasteiger partial charge in [0.15, 0.2) is 0 Å². The lowest BCUT2D eigenvalue weighted by molar-refractivity contribution is -0.116. The van der Waals surface area contributed by atoms with Gasteiger partial charge in [-0.05, 0) is 59.7 Å². The van der Waals surface area contributed by atoms with Crippen LogP contribution in [0.2, 0.25) is 5.02 Å². The molecular weight excluding hydrogens is 540 g/mol. The average Bonchev–Trinajstić information content (AvgIpc) is 2.95. The van der Waals surface area contributed by atoms with Crippen LogP contribution in [0.15, 0.2) is 60.4 Å². The standard InChI is InChI=1S/C29H26ClF2N5O3/c30-23-13-21(24-4-3-20(16-34-24)28(39)37-9-7-29(31,32)8-10-37)12-22-11-19(17-40-27(22)23)15-36-26(38)6-2-18-1-5-25(33)35-14-18/h1-6,11-14,16H,7-10,15,17H2,(H2,33,35)(H,36,38)/b6-2+. The molecule has 206 valence electrons. The van der Waals surface area contributed by atoms with Crippen molar-refractivity contribution in [2.75, 3.05) is 32.0 Å². The number of likely N-dealkylation sites (tertiary alicyclic amines) is 1. The zero-order valence-corrected chi connectivity index (χ0v) is 22.1. The Morgan fingerprint density at radius 3 is 2.62 bits per heavy atom. The van der Waals surface area contributed by atoms with E-state index in [-0.39, 0.29) is 50.9 Å². The first-order valence-corrected chi connectivity index (χ1v) is 13.0. The zero-order valence-electron chi connectivity index (χ0n) is 21.4. The molecule has 0 radical (unpaired) electrons. The maximum atomic E-state index is 13.4. The number of anilines is 1. The second-order valence-corrected chi connectivity index (χ2v) is 10.0. The summed E-state index contributed by atoms with van der Waals surface area (Å²) in [5.41, 5.74) is 9.54. The minimum atomic E-state index is -2.72. The van der Waals surface area contributed by atoms with Crippen LogP contribution in [-0.2, 0) is 4.79 Å². The maximum Gasteiger partial charge on any atom is 0.255 e. The molecule has 1 saturated heterocycles. The van der Waals surface area contributed by atoms with E-state index in [0.717, 1.165) is 16.7 Å². The Kier molecular flexibility index (Phi) is 7.79. The number of hydrogen-bond acceptors (Lipinski definition) is 6. The molecule has 11 heteroatoms. The number of piperidine rings is 1. The van der Waals surface area contributed by atoms with Gasteiger partial charge in [-0.3, -0.25) is 14.6 Å². The average molecular weight is 566 g/mol. The van der Waals surface area contributed by atoms with Gasteiger partial charge in [-0.25, -0.2) is 13.8 Å². The first kappa shape index (κ1) is 27.3. The number of alkyl halides is 2. The number of benzene rings is 1. The molecule has 0 aliphatic carbocycles. The second kappa shape index (κ2) is 11.4. The van der Waals surface area contributed by atoms with E-state index in [4.69, 9.17) is 22.1 Å². The summed E-state index contributed by atoms with van der Waals surface area (Å²) >= 11 is 6.49. The molecule has 0 unspecified atom stereocenters. The van der Waals surface area contributed by atoms with Crippen molar-refractivity contribution in [2.24, 2.45) is 0 Å². The van der Waals surface area contributed by atoms with Gasteiger partial charge in [-0.2, -0.15) is 0 Å². The van der Waals surface area contributed by atoms with Crippen LogP contribution in [0.3, 0.4) is 0 Å². The molecule has 0 saturated carbocycles. The Morgan fingerprint density at radius 1 is 1.12 bits per heavy atom. The Balaban J connectivity index is 1.24. The van der Waals surface area contributed by atoms with E-state index in [1.807, 2.05) is 12.1 Å². The number of nitrogen functional groups attached to an aromatic ring is 1. The van der Waals surface area contributed by atoms with E-state index in [1.54, 1.807) is 42.6 Å². The number of carbonyl (C=O) groups excluding carboxylic acids is 2. The van der Waals surface area contributed by atoms with E-state index in [1.165, 1.54) is 17.2 Å². The van der Waals surface area contributed by atoms with Crippen LogP contribution in [0.5, 0.6) is 5.75 Å². The molecule has 4 heterocycles. The third-order valence-corrected chi connectivity index (χ3v) is 6.93. The summed E-state index contributed by atoms with van der Waals surface area (Å²) in [4.78, 5) is 34.8. The lowest BCUT2D eigenvalue weighted by atomic mass is 10.0. The maximum absolute atomic E-state index is 13.4. The summed E-state index contributed by atoms with van der Waals surface area (Å²) in [5.74, 6) is -2.37. The number of pyridine rings is 2. The van der Waals surface area contributed by atoms with Gasteiger partial charge in [0.2, 0.25) is 5.91 Å². The highest BCUT2D eigenvalue weighted by Gasteiger charge is 2.35. The Labute approximate surface area is 234 Å². The smallest absolute Gasteiger partial charge is 0.255 e. The number of carbonyl (C=O) groups is 2. The van der Waals surface area contributed by atoms with Gasteiger partial charge in [-0.1, -0.05) is 11.6 Å². The number of aromatic nitrogens is 2. The van der Waals surface area contributed by atoms with Gasteiger partial charge >= 0.3 is 0 Å². The van der Waals surface area contributed by atoms with Gasteiger partial charge in [0.25, 0.3) is 11.8 Å². The summed E-state index contributed by atoms with van der Waals surface area (Å²) in [6.45, 7) is 0.580. The van der Waals surface area contributed by atoms with Crippen LogP contribution in [-0.4, -0.2) is 58.8 Å². The Morgan fingerprint density at radius 2 is 1.93 bits per heavy atom. The fraction of sp³-hybridized carbons (Fsp3) is 0.241. The van der Waals surface area contributed by atoms with E-state index in [0.29, 0.717) is 33.4 Å². The summed E-state index contributed by atoms with van der Waals surface area (Å²) in [5, 5.41) is 3.24. The first-order valence-electron chi connectivity index (χ1n) is 12.6. The van der Waals surface area contributed by atoms with Crippen LogP contribution in [0, 0.1) is 0 Å². The molecular formula is C29H26ClF2N5O3. The van der Waals surface area contributed by atoms with Crippen molar-refractivity contribution in [1.29, 1.82) is 0 Å². The van der Waals surface area contributed by atoms with Crippen LogP contribution in [0.4, 0.5) is 14.6 Å². The molecule has 0 bridgehead atoms. The highest BCUT2D eigenvalue weighted by Crippen LogP contribution is 2.37. The highest BCUT2D eigenvalue weighted by atomic mass is 35.5. The fourth-order valence-electron chi connectivity index (χ4n) is 4.41. The van der Waals surface area contributed by atoms with Gasteiger partial charge in [0.1, 0.15) is 18.2 Å². The molecule has 0 atom stereocenters. The molecule has 2 aliphatic rings. The van der Waals surface area contributed by atoms with E-state index < -0.39 is 5.92 Å². The lowest BCUT2D eigenvalue weighted by Crippen LogP contribution is -2.42. The molecule has 2 aliphatic heterocycles. The number of halogens is 3. The van der Waals surface area contributed by atoms with Gasteiger partial charge in [-0.15, -0.1) is 0 Å². The number of nitrogens with two attached hydrogens (primary N) is 1. The minimum Gasteiger partial charge on any atom is -0.487 e. The Hall–Kier alpha value is -4.31. The largest absolute Gasteiger partial charge is 0.487 e. The molecule has 0 spiro atoms. The summed E-state index contributed by atoms with van der Waals surface area (Å²) in [7, 11) is 0. The molecule has 2 aromatic heterocycles. The molecule has 2 amide bonds. The topological polar surface area (TPSA) is 110 Å². The number of fused-ring (bicyclic) bond motifs is 1. The van der Waals surface area contributed by atoms with Gasteiger partial charge in [0.05, 0.1) is 16.3 Å². The highest BCUT2D eigenvalue weighted by molar-refractivity contribution is 6.32. The quantitative estimate of drug-likeness (QED) is 0.413. The van der Waals surface area contributed by atoms with Crippen molar-refractivity contribution >= 4 is 41.4 Å². The number of amides is 2. The predicted octanol–water partition coefficient (Wildman–Crippen LogP) is 4.86. The van der Waals surface area contributed by atoms with Crippen molar-refractivity contribution < 1.29 is 23.1 Å². The van der Waals surface area contributed by atoms with Crippen molar-refractivity contribution in [3.05, 3.63) is 82.2 Å². The van der Waals surface area contributed by atoms with Gasteiger partial charge < -0.3 is 20.7 Å². The molecule has 3 N–H and O–H groups in total. The lowest BCUT2D eigenvalue weighted by Gasteiger charge is -2.31. The minimum absolute atomic E-state index is 0.0134. The SMILES string of the molecule is Nc1ccc(/C=C/C(=O)NCC2=Cc3cc(-c4ccc(C(=O)N5CCC(F)(F)CC5)cn4)cc(Cl)c3OC2)cn1. The van der Waals surface area contributed by atoms with Crippen molar-refractivity contribution in [3.8, 4) is 17.0 Å². The summed E-state index contributed by atoms with van der Waals surface area (Å²) < 4.78 is 32.7. The van der Waals surface area contributed by atoms with Crippen LogP contribution < -0.4 is 15.8 Å². The normalized spacial score (nSPS) is 16.2. The number of rotatable bonds is 6. The zero-order chi connectivity index (χ0) is 28.3. The third-order valence-electron chi connectivity index (χ3n) is 6.65. The van der Waals surface area contributed by atoms with Gasteiger partial charge in [0, 0.05) is 62.1 Å². The molecule has 3 aromatic rings. The van der Waals surface area contributed by atoms with E-state index >= 15 is 0 Å². The Bertz CT molecular complexity index is 1480. The van der Waals surface area contributed by atoms with Crippen molar-refractivity contribution in [2.45, 2.75) is 18.8 Å². The van der Waals surface area contributed by atoms with Crippen LogP contribution in [0.25, 0.3) is 23.4 Å². The molecule has 40 heavy (non-hydrogen) atoms. The van der Waals surface area contributed by atoms with E-state index in [9.17, 15) is 18.4 Å². The molecule has 1 aromatic carbocycles. The number of nitrogens with one attached hydrogen (secondary N) is 1. The third kappa shape index (κ3) is 6.45. The molecule has 5 rings (SSSR count). The predicted molar refractivity (Wildman–Crippen MR) is 149 cm³/mol. The monoisotopic (exact) mass is 565 g/mol. The molecule has 8 nitrogen and oxygen atoms in total.